The molecule has 2 heterocycles. The minimum atomic E-state index is 0.0863. The van der Waals surface area contributed by atoms with E-state index in [1.165, 1.54) is 0 Å². The fraction of sp³-hybridized carbons (Fsp3) is 0.0714. The summed E-state index contributed by atoms with van der Waals surface area (Å²) in [7, 11) is 0. The van der Waals surface area contributed by atoms with Crippen LogP contribution in [0.4, 0.5) is 5.69 Å². The van der Waals surface area contributed by atoms with E-state index >= 15 is 0 Å². The second kappa shape index (κ2) is 4.82. The summed E-state index contributed by atoms with van der Waals surface area (Å²) >= 11 is 5.86. The number of nitrogens with zero attached hydrogens (tertiary/aromatic N) is 2. The van der Waals surface area contributed by atoms with Gasteiger partial charge in [-0.25, -0.2) is 4.52 Å². The molecular formula is C14H12ClN3O. The zero-order valence-corrected chi connectivity index (χ0v) is 10.8. The Morgan fingerprint density at radius 1 is 1.26 bits per heavy atom. The lowest BCUT2D eigenvalue weighted by Gasteiger charge is -2.06. The first kappa shape index (κ1) is 11.9. The van der Waals surface area contributed by atoms with Crippen LogP contribution < -0.4 is 5.32 Å². The molecule has 2 N–H and O–H groups in total. The monoisotopic (exact) mass is 273 g/mol. The number of aromatic hydroxyl groups is 1. The molecule has 0 spiro atoms. The Labute approximate surface area is 115 Å². The summed E-state index contributed by atoms with van der Waals surface area (Å²) in [4.78, 5) is 0. The third-order valence-corrected chi connectivity index (χ3v) is 3.24. The van der Waals surface area contributed by atoms with E-state index in [0.29, 0.717) is 11.6 Å². The molecule has 0 aliphatic carbocycles. The van der Waals surface area contributed by atoms with E-state index in [4.69, 9.17) is 11.6 Å². The number of hydrogen-bond acceptors (Lipinski definition) is 3. The minimum absolute atomic E-state index is 0.0863. The number of phenols is 1. The second-order valence-corrected chi connectivity index (χ2v) is 4.63. The molecule has 19 heavy (non-hydrogen) atoms. The van der Waals surface area contributed by atoms with E-state index in [9.17, 15) is 5.11 Å². The van der Waals surface area contributed by atoms with Crippen LogP contribution in [0.2, 0.25) is 5.02 Å². The van der Waals surface area contributed by atoms with Crippen LogP contribution >= 0.6 is 11.6 Å². The van der Waals surface area contributed by atoms with Gasteiger partial charge in [-0.15, -0.1) is 0 Å². The van der Waals surface area contributed by atoms with Crippen LogP contribution in [0.3, 0.4) is 0 Å². The van der Waals surface area contributed by atoms with Crippen LogP contribution in [0.15, 0.2) is 48.8 Å². The minimum Gasteiger partial charge on any atom is -0.506 e. The molecule has 0 aliphatic heterocycles. The SMILES string of the molecule is Oc1ccc(NCc2cnn3ccccc23)cc1Cl. The van der Waals surface area contributed by atoms with Crippen molar-refractivity contribution < 1.29 is 5.11 Å². The molecule has 4 nitrogen and oxygen atoms in total. The first-order chi connectivity index (χ1) is 9.24. The van der Waals surface area contributed by atoms with Crippen molar-refractivity contribution in [1.82, 2.24) is 9.61 Å². The van der Waals surface area contributed by atoms with Gasteiger partial charge < -0.3 is 10.4 Å². The molecule has 2 aromatic heterocycles. The Balaban J connectivity index is 1.80. The number of rotatable bonds is 3. The van der Waals surface area contributed by atoms with Crippen LogP contribution in [-0.2, 0) is 6.54 Å². The summed E-state index contributed by atoms with van der Waals surface area (Å²) in [5.41, 5.74) is 3.03. The number of nitrogens with one attached hydrogen (secondary N) is 1. The van der Waals surface area contributed by atoms with Crippen molar-refractivity contribution in [2.75, 3.05) is 5.32 Å². The highest BCUT2D eigenvalue weighted by Crippen LogP contribution is 2.26. The Morgan fingerprint density at radius 2 is 2.16 bits per heavy atom. The molecule has 0 radical (unpaired) electrons. The molecule has 0 amide bonds. The van der Waals surface area contributed by atoms with Gasteiger partial charge in [-0.05, 0) is 30.3 Å². The molecule has 0 bridgehead atoms. The van der Waals surface area contributed by atoms with Crippen LogP contribution in [0.1, 0.15) is 5.56 Å². The van der Waals surface area contributed by atoms with E-state index in [1.54, 1.807) is 18.2 Å². The number of fused-ring (bicyclic) bond motifs is 1. The van der Waals surface area contributed by atoms with E-state index < -0.39 is 0 Å². The first-order valence-corrected chi connectivity index (χ1v) is 6.25. The highest BCUT2D eigenvalue weighted by Gasteiger charge is 2.04. The fourth-order valence-electron chi connectivity index (χ4n) is 1.94. The van der Waals surface area contributed by atoms with Gasteiger partial charge >= 0.3 is 0 Å². The summed E-state index contributed by atoms with van der Waals surface area (Å²) in [6.45, 7) is 0.647. The molecule has 0 aliphatic rings. The lowest BCUT2D eigenvalue weighted by atomic mass is 10.2. The van der Waals surface area contributed by atoms with Crippen LogP contribution in [0.25, 0.3) is 5.52 Å². The van der Waals surface area contributed by atoms with Gasteiger partial charge in [-0.2, -0.15) is 5.10 Å². The average molecular weight is 274 g/mol. The van der Waals surface area contributed by atoms with Crippen molar-refractivity contribution in [3.05, 3.63) is 59.4 Å². The average Bonchev–Trinajstić information content (AvgIpc) is 2.83. The van der Waals surface area contributed by atoms with Crippen molar-refractivity contribution in [1.29, 1.82) is 0 Å². The van der Waals surface area contributed by atoms with Gasteiger partial charge in [-0.1, -0.05) is 17.7 Å². The van der Waals surface area contributed by atoms with Crippen LogP contribution in [0.5, 0.6) is 5.75 Å². The molecule has 0 saturated heterocycles. The van der Waals surface area contributed by atoms with Gasteiger partial charge in [0.15, 0.2) is 0 Å². The largest absolute Gasteiger partial charge is 0.506 e. The van der Waals surface area contributed by atoms with Gasteiger partial charge in [0, 0.05) is 24.0 Å². The van der Waals surface area contributed by atoms with Crippen molar-refractivity contribution in [3.63, 3.8) is 0 Å². The lowest BCUT2D eigenvalue weighted by molar-refractivity contribution is 0.475. The molecular weight excluding hydrogens is 262 g/mol. The smallest absolute Gasteiger partial charge is 0.134 e. The first-order valence-electron chi connectivity index (χ1n) is 5.88. The number of pyridine rings is 1. The quantitative estimate of drug-likeness (QED) is 0.720. The van der Waals surface area contributed by atoms with Crippen molar-refractivity contribution in [3.8, 4) is 5.75 Å². The third-order valence-electron chi connectivity index (χ3n) is 2.94. The van der Waals surface area contributed by atoms with Gasteiger partial charge in [-0.3, -0.25) is 0 Å². The molecule has 5 heteroatoms. The van der Waals surface area contributed by atoms with E-state index in [-0.39, 0.29) is 5.75 Å². The van der Waals surface area contributed by atoms with Crippen LogP contribution in [-0.4, -0.2) is 14.7 Å². The Morgan fingerprint density at radius 3 is 3.00 bits per heavy atom. The van der Waals surface area contributed by atoms with E-state index in [0.717, 1.165) is 16.8 Å². The summed E-state index contributed by atoms with van der Waals surface area (Å²) < 4.78 is 1.83. The highest BCUT2D eigenvalue weighted by atomic mass is 35.5. The van der Waals surface area contributed by atoms with Gasteiger partial charge in [0.05, 0.1) is 16.7 Å². The Hall–Kier alpha value is -2.20. The maximum atomic E-state index is 9.36. The lowest BCUT2D eigenvalue weighted by Crippen LogP contribution is -1.98. The predicted octanol–water partition coefficient (Wildman–Crippen LogP) is 3.31. The molecule has 96 valence electrons. The van der Waals surface area contributed by atoms with Crippen LogP contribution in [0, 0.1) is 0 Å². The van der Waals surface area contributed by atoms with Crippen molar-refractivity contribution in [2.45, 2.75) is 6.54 Å². The summed E-state index contributed by atoms with van der Waals surface area (Å²) in [6, 6.07) is 11.0. The summed E-state index contributed by atoms with van der Waals surface area (Å²) in [6.07, 6.45) is 3.75. The molecule has 0 atom stereocenters. The number of aromatic nitrogens is 2. The topological polar surface area (TPSA) is 49.6 Å². The number of anilines is 1. The number of phenolic OH excluding ortho intramolecular Hbond substituents is 1. The van der Waals surface area contributed by atoms with Gasteiger partial charge in [0.2, 0.25) is 0 Å². The number of halogens is 1. The number of benzene rings is 1. The molecule has 3 rings (SSSR count). The van der Waals surface area contributed by atoms with Crippen molar-refractivity contribution >= 4 is 22.8 Å². The van der Waals surface area contributed by atoms with Gasteiger partial charge in [0.1, 0.15) is 5.75 Å². The zero-order valence-electron chi connectivity index (χ0n) is 10.0. The predicted molar refractivity (Wildman–Crippen MR) is 75.6 cm³/mol. The number of hydrogen-bond donors (Lipinski definition) is 2. The standard InChI is InChI=1S/C14H12ClN3O/c15-12-7-11(4-5-14(12)19)16-8-10-9-17-18-6-2-1-3-13(10)18/h1-7,9,16,19H,8H2. The molecule has 0 fully saturated rings. The Bertz CT molecular complexity index is 724. The zero-order chi connectivity index (χ0) is 13.2. The second-order valence-electron chi connectivity index (χ2n) is 4.22. The Kier molecular flexibility index (Phi) is 3.01. The summed E-state index contributed by atoms with van der Waals surface area (Å²) in [5, 5.41) is 17.2. The normalized spacial score (nSPS) is 10.8. The molecule has 0 unspecified atom stereocenters. The van der Waals surface area contributed by atoms with E-state index in [1.807, 2.05) is 35.1 Å². The van der Waals surface area contributed by atoms with Gasteiger partial charge in [0.25, 0.3) is 0 Å². The third kappa shape index (κ3) is 2.35. The maximum Gasteiger partial charge on any atom is 0.134 e. The van der Waals surface area contributed by atoms with Crippen molar-refractivity contribution in [2.24, 2.45) is 0 Å². The van der Waals surface area contributed by atoms with E-state index in [2.05, 4.69) is 10.4 Å². The molecule has 0 saturated carbocycles. The fourth-order valence-corrected chi connectivity index (χ4v) is 2.12. The highest BCUT2D eigenvalue weighted by molar-refractivity contribution is 6.32. The molecule has 1 aromatic carbocycles. The summed E-state index contributed by atoms with van der Waals surface area (Å²) in [5.74, 6) is 0.0863. The maximum absolute atomic E-state index is 9.36. The molecule has 3 aromatic rings.